The van der Waals surface area contributed by atoms with E-state index in [0.717, 1.165) is 27.6 Å². The Labute approximate surface area is 247 Å². The maximum atomic E-state index is 13.6. The number of carbonyl (C=O) groups is 2. The Morgan fingerprint density at radius 1 is 1.00 bits per heavy atom. The molecule has 1 aliphatic heterocycles. The number of nitrogens with one attached hydrogen (secondary N) is 2. The first-order chi connectivity index (χ1) is 19.8. The predicted molar refractivity (Wildman–Crippen MR) is 154 cm³/mol. The Morgan fingerprint density at radius 3 is 2.26 bits per heavy atom. The maximum Gasteiger partial charge on any atom is 0.416 e. The molecule has 224 valence electrons. The zero-order valence-corrected chi connectivity index (χ0v) is 24.4. The second kappa shape index (κ2) is 12.7. The molecule has 0 unspecified atom stereocenters. The zero-order valence-electron chi connectivity index (χ0n) is 22.9. The molecule has 1 fully saturated rings. The van der Waals surface area contributed by atoms with Gasteiger partial charge < -0.3 is 15.5 Å². The van der Waals surface area contributed by atoms with Gasteiger partial charge in [0.25, 0.3) is 0 Å². The van der Waals surface area contributed by atoms with Crippen LogP contribution in [0.2, 0.25) is 5.02 Å². The van der Waals surface area contributed by atoms with E-state index in [0.29, 0.717) is 28.8 Å². The monoisotopic (exact) mass is 622 g/mol. The number of benzene rings is 3. The number of hydrogen-bond acceptors (Lipinski definition) is 4. The molecule has 1 saturated heterocycles. The maximum absolute atomic E-state index is 13.6. The topological polar surface area (TPSA) is 98.8 Å². The third-order valence-electron chi connectivity index (χ3n) is 6.90. The van der Waals surface area contributed by atoms with Gasteiger partial charge in [0.15, 0.2) is 0 Å². The van der Waals surface area contributed by atoms with Gasteiger partial charge in [-0.2, -0.15) is 17.5 Å². The van der Waals surface area contributed by atoms with Crippen LogP contribution >= 0.6 is 11.6 Å². The molecule has 4 rings (SSSR count). The minimum absolute atomic E-state index is 0.0628. The number of rotatable bonds is 7. The van der Waals surface area contributed by atoms with Gasteiger partial charge in [0.1, 0.15) is 6.04 Å². The number of carbonyl (C=O) groups excluding carboxylic acids is 2. The van der Waals surface area contributed by atoms with Gasteiger partial charge in [-0.25, -0.2) is 13.2 Å². The molecule has 1 heterocycles. The standard InChI is InChI=1S/C29H30ClF3N4O4S/c1-19(2)21-8-6-20(7-9-21)17-34-27(38)26-18-36(28(39)35-24-5-3-4-23(30)16-24)14-15-37(26)42(40,41)25-12-10-22(11-13-25)29(31,32)33/h3-13,16,19,26H,14-15,17-18H2,1-2H3,(H,34,38)(H,35,39)/t26-/m1/s1. The van der Waals surface area contributed by atoms with Crippen molar-refractivity contribution in [3.8, 4) is 0 Å². The summed E-state index contributed by atoms with van der Waals surface area (Å²) >= 11 is 6.00. The lowest BCUT2D eigenvalue weighted by Crippen LogP contribution is -2.61. The van der Waals surface area contributed by atoms with E-state index >= 15 is 0 Å². The summed E-state index contributed by atoms with van der Waals surface area (Å²) in [5.74, 6) is -0.331. The molecule has 0 bridgehead atoms. The van der Waals surface area contributed by atoms with E-state index in [1.165, 1.54) is 4.90 Å². The van der Waals surface area contributed by atoms with Crippen molar-refractivity contribution >= 4 is 39.2 Å². The molecule has 1 aliphatic rings. The summed E-state index contributed by atoms with van der Waals surface area (Å²) in [6, 6.07) is 15.2. The van der Waals surface area contributed by atoms with E-state index in [9.17, 15) is 31.2 Å². The van der Waals surface area contributed by atoms with Crippen molar-refractivity contribution in [3.63, 3.8) is 0 Å². The summed E-state index contributed by atoms with van der Waals surface area (Å²) in [5, 5.41) is 5.83. The zero-order chi connectivity index (χ0) is 30.7. The van der Waals surface area contributed by atoms with Crippen LogP contribution in [0.3, 0.4) is 0 Å². The lowest BCUT2D eigenvalue weighted by atomic mass is 10.0. The Balaban J connectivity index is 1.56. The number of amides is 3. The largest absolute Gasteiger partial charge is 0.416 e. The minimum Gasteiger partial charge on any atom is -0.351 e. The number of nitrogens with zero attached hydrogens (tertiary/aromatic N) is 2. The smallest absolute Gasteiger partial charge is 0.351 e. The number of anilines is 1. The first-order valence-corrected chi connectivity index (χ1v) is 14.9. The van der Waals surface area contributed by atoms with E-state index in [2.05, 4.69) is 24.5 Å². The fourth-order valence-corrected chi connectivity index (χ4v) is 6.26. The van der Waals surface area contributed by atoms with Crippen LogP contribution in [0.1, 0.15) is 36.5 Å². The van der Waals surface area contributed by atoms with Crippen LogP contribution in [0.25, 0.3) is 0 Å². The summed E-state index contributed by atoms with van der Waals surface area (Å²) in [4.78, 5) is 27.4. The normalized spacial score (nSPS) is 16.4. The molecule has 2 N–H and O–H groups in total. The Morgan fingerprint density at radius 2 is 1.67 bits per heavy atom. The Kier molecular flexibility index (Phi) is 9.49. The van der Waals surface area contributed by atoms with Gasteiger partial charge in [-0.3, -0.25) is 4.79 Å². The van der Waals surface area contributed by atoms with Crippen molar-refractivity contribution in [1.82, 2.24) is 14.5 Å². The van der Waals surface area contributed by atoms with E-state index in [1.807, 2.05) is 24.3 Å². The molecule has 0 radical (unpaired) electrons. The van der Waals surface area contributed by atoms with Gasteiger partial charge in [-0.15, -0.1) is 0 Å². The molecule has 0 aliphatic carbocycles. The summed E-state index contributed by atoms with van der Waals surface area (Å²) in [6.45, 7) is 3.61. The summed E-state index contributed by atoms with van der Waals surface area (Å²) in [6.07, 6.45) is -4.64. The van der Waals surface area contributed by atoms with Gasteiger partial charge in [0, 0.05) is 36.9 Å². The van der Waals surface area contributed by atoms with Crippen molar-refractivity contribution in [1.29, 1.82) is 0 Å². The quantitative estimate of drug-likeness (QED) is 0.353. The van der Waals surface area contributed by atoms with Gasteiger partial charge in [0.2, 0.25) is 15.9 Å². The fraction of sp³-hybridized carbons (Fsp3) is 0.310. The Hall–Kier alpha value is -3.61. The van der Waals surface area contributed by atoms with Crippen molar-refractivity contribution in [2.75, 3.05) is 25.0 Å². The first kappa shape index (κ1) is 31.3. The van der Waals surface area contributed by atoms with Crippen LogP contribution < -0.4 is 10.6 Å². The summed E-state index contributed by atoms with van der Waals surface area (Å²) in [7, 11) is -4.40. The number of urea groups is 1. The summed E-state index contributed by atoms with van der Waals surface area (Å²) < 4.78 is 67.3. The summed E-state index contributed by atoms with van der Waals surface area (Å²) in [5.41, 5.74) is 1.32. The highest BCUT2D eigenvalue weighted by molar-refractivity contribution is 7.89. The van der Waals surface area contributed by atoms with Crippen molar-refractivity contribution < 1.29 is 31.2 Å². The van der Waals surface area contributed by atoms with Gasteiger partial charge in [0.05, 0.1) is 10.5 Å². The highest BCUT2D eigenvalue weighted by Crippen LogP contribution is 2.31. The molecule has 1 atom stereocenters. The highest BCUT2D eigenvalue weighted by atomic mass is 35.5. The number of sulfonamides is 1. The first-order valence-electron chi connectivity index (χ1n) is 13.1. The van der Waals surface area contributed by atoms with Gasteiger partial charge in [-0.1, -0.05) is 55.8 Å². The number of piperazine rings is 1. The second-order valence-corrected chi connectivity index (χ2v) is 12.5. The number of halogens is 4. The Bertz CT molecular complexity index is 1530. The number of hydrogen-bond donors (Lipinski definition) is 2. The average molecular weight is 623 g/mol. The minimum atomic E-state index is -4.64. The van der Waals surface area contributed by atoms with Gasteiger partial charge in [-0.05, 0) is 59.5 Å². The average Bonchev–Trinajstić information content (AvgIpc) is 2.95. The van der Waals surface area contributed by atoms with Crippen molar-refractivity contribution in [2.24, 2.45) is 0 Å². The molecule has 3 aromatic rings. The van der Waals surface area contributed by atoms with Gasteiger partial charge >= 0.3 is 12.2 Å². The molecular formula is C29H30ClF3N4O4S. The molecule has 42 heavy (non-hydrogen) atoms. The van der Waals surface area contributed by atoms with Crippen LogP contribution in [0.15, 0.2) is 77.7 Å². The molecule has 3 amide bonds. The molecule has 3 aromatic carbocycles. The lowest BCUT2D eigenvalue weighted by Gasteiger charge is -2.39. The van der Waals surface area contributed by atoms with Crippen LogP contribution in [-0.2, 0) is 27.5 Å². The second-order valence-electron chi connectivity index (χ2n) is 10.2. The molecule has 0 aromatic heterocycles. The van der Waals surface area contributed by atoms with E-state index in [-0.39, 0.29) is 26.2 Å². The third-order valence-corrected chi connectivity index (χ3v) is 9.06. The van der Waals surface area contributed by atoms with E-state index in [1.54, 1.807) is 24.3 Å². The lowest BCUT2D eigenvalue weighted by molar-refractivity contribution is -0.137. The molecule has 0 spiro atoms. The SMILES string of the molecule is CC(C)c1ccc(CNC(=O)[C@H]2CN(C(=O)Nc3cccc(Cl)c3)CCN2S(=O)(=O)c2ccc(C(F)(F)F)cc2)cc1. The predicted octanol–water partition coefficient (Wildman–Crippen LogP) is 5.71. The van der Waals surface area contributed by atoms with Crippen molar-refractivity contribution in [2.45, 2.75) is 43.4 Å². The fourth-order valence-electron chi connectivity index (χ4n) is 4.50. The number of alkyl halides is 3. The highest BCUT2D eigenvalue weighted by Gasteiger charge is 2.41. The molecule has 0 saturated carbocycles. The van der Waals surface area contributed by atoms with Crippen LogP contribution in [0.5, 0.6) is 0 Å². The van der Waals surface area contributed by atoms with Crippen molar-refractivity contribution in [3.05, 3.63) is 94.5 Å². The molecule has 8 nitrogen and oxygen atoms in total. The van der Waals surface area contributed by atoms with E-state index < -0.39 is 44.6 Å². The van der Waals surface area contributed by atoms with Crippen LogP contribution in [-0.4, -0.2) is 55.2 Å². The third kappa shape index (κ3) is 7.42. The van der Waals surface area contributed by atoms with E-state index in [4.69, 9.17) is 11.6 Å². The van der Waals surface area contributed by atoms with Crippen LogP contribution in [0, 0.1) is 0 Å². The molecule has 13 heteroatoms. The molecular weight excluding hydrogens is 593 g/mol. The van der Waals surface area contributed by atoms with Crippen LogP contribution in [0.4, 0.5) is 23.7 Å².